The maximum Gasteiger partial charge on any atom is 0.338 e. The number of carbonyl (C=O) groups excluding carboxylic acids is 1. The SMILES string of the molecule is O=C(OCCCCCCO)c1ccc(/C=C/c2ccc(Cl)cc2)cc1. The van der Waals surface area contributed by atoms with E-state index in [-0.39, 0.29) is 12.6 Å². The third-order valence-electron chi connectivity index (χ3n) is 3.77. The van der Waals surface area contributed by atoms with E-state index < -0.39 is 0 Å². The summed E-state index contributed by atoms with van der Waals surface area (Å²) >= 11 is 5.87. The number of aliphatic hydroxyl groups excluding tert-OH is 1. The van der Waals surface area contributed by atoms with Crippen molar-refractivity contribution in [1.82, 2.24) is 0 Å². The van der Waals surface area contributed by atoms with Crippen LogP contribution in [0.3, 0.4) is 0 Å². The number of hydrogen-bond donors (Lipinski definition) is 1. The molecule has 0 saturated carbocycles. The second kappa shape index (κ2) is 10.7. The predicted octanol–water partition coefficient (Wildman–Crippen LogP) is 5.22. The third kappa shape index (κ3) is 7.12. The molecule has 0 aliphatic heterocycles. The number of ether oxygens (including phenoxy) is 1. The molecule has 0 aliphatic rings. The molecule has 4 heteroatoms. The van der Waals surface area contributed by atoms with Gasteiger partial charge in [-0.15, -0.1) is 0 Å². The highest BCUT2D eigenvalue weighted by Gasteiger charge is 2.06. The van der Waals surface area contributed by atoms with Crippen LogP contribution in [0.4, 0.5) is 0 Å². The van der Waals surface area contributed by atoms with Crippen LogP contribution in [0.2, 0.25) is 5.02 Å². The van der Waals surface area contributed by atoms with Gasteiger partial charge in [-0.25, -0.2) is 4.79 Å². The summed E-state index contributed by atoms with van der Waals surface area (Å²) in [6, 6.07) is 14.9. The smallest absolute Gasteiger partial charge is 0.338 e. The fourth-order valence-electron chi connectivity index (χ4n) is 2.31. The lowest BCUT2D eigenvalue weighted by Gasteiger charge is -2.05. The lowest BCUT2D eigenvalue weighted by atomic mass is 10.1. The van der Waals surface area contributed by atoms with Crippen LogP contribution in [0.5, 0.6) is 0 Å². The molecule has 0 bridgehead atoms. The summed E-state index contributed by atoms with van der Waals surface area (Å²) in [7, 11) is 0. The van der Waals surface area contributed by atoms with Crippen LogP contribution in [-0.2, 0) is 4.74 Å². The molecule has 1 N–H and O–H groups in total. The van der Waals surface area contributed by atoms with E-state index in [0.717, 1.165) is 36.8 Å². The second-order valence-electron chi connectivity index (χ2n) is 5.78. The van der Waals surface area contributed by atoms with Crippen molar-refractivity contribution >= 4 is 29.7 Å². The lowest BCUT2D eigenvalue weighted by molar-refractivity contribution is 0.0497. The van der Waals surface area contributed by atoms with Crippen LogP contribution in [0.25, 0.3) is 12.2 Å². The topological polar surface area (TPSA) is 46.5 Å². The first kappa shape index (κ1) is 19.2. The number of hydrogen-bond acceptors (Lipinski definition) is 3. The van der Waals surface area contributed by atoms with Crippen molar-refractivity contribution in [3.63, 3.8) is 0 Å². The summed E-state index contributed by atoms with van der Waals surface area (Å²) in [5.41, 5.74) is 2.63. The van der Waals surface area contributed by atoms with Crippen molar-refractivity contribution in [3.05, 3.63) is 70.2 Å². The minimum absolute atomic E-state index is 0.221. The molecule has 3 nitrogen and oxygen atoms in total. The normalized spacial score (nSPS) is 11.0. The Morgan fingerprint density at radius 2 is 1.44 bits per heavy atom. The number of unbranched alkanes of at least 4 members (excludes halogenated alkanes) is 3. The third-order valence-corrected chi connectivity index (χ3v) is 4.02. The first-order chi connectivity index (χ1) is 12.2. The summed E-state index contributed by atoms with van der Waals surface area (Å²) in [5.74, 6) is -0.296. The average Bonchev–Trinajstić information content (AvgIpc) is 2.64. The number of benzene rings is 2. The van der Waals surface area contributed by atoms with Crippen LogP contribution in [-0.4, -0.2) is 24.3 Å². The highest BCUT2D eigenvalue weighted by Crippen LogP contribution is 2.14. The van der Waals surface area contributed by atoms with Crippen LogP contribution < -0.4 is 0 Å². The van der Waals surface area contributed by atoms with Gasteiger partial charge in [-0.1, -0.05) is 54.4 Å². The first-order valence-corrected chi connectivity index (χ1v) is 8.88. The molecule has 0 heterocycles. The van der Waals surface area contributed by atoms with Gasteiger partial charge in [0.2, 0.25) is 0 Å². The lowest BCUT2D eigenvalue weighted by Crippen LogP contribution is -2.06. The van der Waals surface area contributed by atoms with E-state index in [1.54, 1.807) is 12.1 Å². The molecule has 2 rings (SSSR count). The van der Waals surface area contributed by atoms with Crippen molar-refractivity contribution in [3.8, 4) is 0 Å². The van der Waals surface area contributed by atoms with Gasteiger partial charge < -0.3 is 9.84 Å². The zero-order valence-electron chi connectivity index (χ0n) is 14.2. The van der Waals surface area contributed by atoms with Gasteiger partial charge in [0.25, 0.3) is 0 Å². The minimum Gasteiger partial charge on any atom is -0.462 e. The van der Waals surface area contributed by atoms with Gasteiger partial charge in [0.15, 0.2) is 0 Å². The molecule has 0 unspecified atom stereocenters. The van der Waals surface area contributed by atoms with E-state index in [9.17, 15) is 4.79 Å². The maximum atomic E-state index is 12.0. The highest BCUT2D eigenvalue weighted by molar-refractivity contribution is 6.30. The number of aliphatic hydroxyl groups is 1. The Morgan fingerprint density at radius 1 is 0.880 bits per heavy atom. The van der Waals surface area contributed by atoms with Crippen molar-refractivity contribution in [2.24, 2.45) is 0 Å². The molecule has 25 heavy (non-hydrogen) atoms. The zero-order chi connectivity index (χ0) is 17.9. The Balaban J connectivity index is 1.80. The van der Waals surface area contributed by atoms with Gasteiger partial charge in [0, 0.05) is 11.6 Å². The van der Waals surface area contributed by atoms with E-state index in [1.807, 2.05) is 48.6 Å². The van der Waals surface area contributed by atoms with Crippen LogP contribution in [0, 0.1) is 0 Å². The summed E-state index contributed by atoms with van der Waals surface area (Å²) in [5, 5.41) is 9.42. The molecular formula is C21H23ClO3. The Labute approximate surface area is 153 Å². The van der Waals surface area contributed by atoms with Gasteiger partial charge in [-0.2, -0.15) is 0 Å². The predicted molar refractivity (Wildman–Crippen MR) is 103 cm³/mol. The van der Waals surface area contributed by atoms with Gasteiger partial charge in [0.1, 0.15) is 0 Å². The van der Waals surface area contributed by atoms with Crippen molar-refractivity contribution < 1.29 is 14.6 Å². The summed E-state index contributed by atoms with van der Waals surface area (Å²) in [4.78, 5) is 12.0. The van der Waals surface area contributed by atoms with Crippen LogP contribution in [0.1, 0.15) is 47.2 Å². The second-order valence-corrected chi connectivity index (χ2v) is 6.22. The molecule has 0 atom stereocenters. The van der Waals surface area contributed by atoms with Crippen LogP contribution in [0.15, 0.2) is 48.5 Å². The Morgan fingerprint density at radius 3 is 2.04 bits per heavy atom. The Kier molecular flexibility index (Phi) is 8.23. The molecule has 132 valence electrons. The molecule has 2 aromatic rings. The summed E-state index contributed by atoms with van der Waals surface area (Å²) in [6.45, 7) is 0.640. The number of esters is 1. The molecule has 0 saturated heterocycles. The molecule has 2 aromatic carbocycles. The fraction of sp³-hybridized carbons (Fsp3) is 0.286. The number of carbonyl (C=O) groups is 1. The monoisotopic (exact) mass is 358 g/mol. The van der Waals surface area contributed by atoms with Crippen LogP contribution >= 0.6 is 11.6 Å². The molecule has 0 spiro atoms. The minimum atomic E-state index is -0.296. The average molecular weight is 359 g/mol. The first-order valence-electron chi connectivity index (χ1n) is 8.51. The molecule has 0 fully saturated rings. The van der Waals surface area contributed by atoms with Gasteiger partial charge in [-0.3, -0.25) is 0 Å². The van der Waals surface area contributed by atoms with E-state index in [4.69, 9.17) is 21.4 Å². The summed E-state index contributed by atoms with van der Waals surface area (Å²) in [6.07, 6.45) is 7.53. The quantitative estimate of drug-likeness (QED) is 0.379. The summed E-state index contributed by atoms with van der Waals surface area (Å²) < 4.78 is 5.26. The van der Waals surface area contributed by atoms with E-state index >= 15 is 0 Å². The van der Waals surface area contributed by atoms with E-state index in [1.165, 1.54) is 0 Å². The maximum absolute atomic E-state index is 12.0. The van der Waals surface area contributed by atoms with Gasteiger partial charge in [-0.05, 0) is 54.7 Å². The standard InChI is InChI=1S/C21H23ClO3/c22-20-13-9-18(10-14-20)6-5-17-7-11-19(12-8-17)21(24)25-16-4-2-1-3-15-23/h5-14,23H,1-4,15-16H2/b6-5+. The molecular weight excluding hydrogens is 336 g/mol. The van der Waals surface area contributed by atoms with Crippen molar-refractivity contribution in [2.75, 3.05) is 13.2 Å². The van der Waals surface area contributed by atoms with E-state index in [2.05, 4.69) is 0 Å². The largest absolute Gasteiger partial charge is 0.462 e. The molecule has 0 amide bonds. The van der Waals surface area contributed by atoms with E-state index in [0.29, 0.717) is 17.2 Å². The fourth-order valence-corrected chi connectivity index (χ4v) is 2.44. The number of rotatable bonds is 9. The molecule has 0 radical (unpaired) electrons. The molecule has 0 aliphatic carbocycles. The Hall–Kier alpha value is -2.10. The molecule has 0 aromatic heterocycles. The zero-order valence-corrected chi connectivity index (χ0v) is 14.9. The number of halogens is 1. The van der Waals surface area contributed by atoms with Gasteiger partial charge >= 0.3 is 5.97 Å². The van der Waals surface area contributed by atoms with Gasteiger partial charge in [0.05, 0.1) is 12.2 Å². The Bertz CT molecular complexity index is 675. The highest BCUT2D eigenvalue weighted by atomic mass is 35.5. The van der Waals surface area contributed by atoms with Crippen molar-refractivity contribution in [1.29, 1.82) is 0 Å². The van der Waals surface area contributed by atoms with Crippen molar-refractivity contribution in [2.45, 2.75) is 25.7 Å².